The highest BCUT2D eigenvalue weighted by atomic mass is 32.1. The Morgan fingerprint density at radius 1 is 1.00 bits per heavy atom. The summed E-state index contributed by atoms with van der Waals surface area (Å²) in [7, 11) is 1.66. The summed E-state index contributed by atoms with van der Waals surface area (Å²) in [4.78, 5) is 7.02. The quantitative estimate of drug-likeness (QED) is 0.429. The number of phenols is 1. The molecule has 0 aliphatic heterocycles. The molecule has 0 saturated heterocycles. The fraction of sp³-hybridized carbons (Fsp3) is 0.174. The lowest BCUT2D eigenvalue weighted by molar-refractivity contribution is 0.222. The van der Waals surface area contributed by atoms with Crippen molar-refractivity contribution >= 4 is 11.3 Å². The predicted molar refractivity (Wildman–Crippen MR) is 114 cm³/mol. The second-order valence-electron chi connectivity index (χ2n) is 6.73. The van der Waals surface area contributed by atoms with Crippen LogP contribution in [0, 0.1) is 0 Å². The number of rotatable bonds is 8. The van der Waals surface area contributed by atoms with Gasteiger partial charge in [0.2, 0.25) is 0 Å². The summed E-state index contributed by atoms with van der Waals surface area (Å²) in [6, 6.07) is 19.2. The van der Waals surface area contributed by atoms with Gasteiger partial charge in [-0.25, -0.2) is 4.98 Å². The Bertz CT molecular complexity index is 1040. The van der Waals surface area contributed by atoms with Crippen LogP contribution in [0.15, 0.2) is 76.7 Å². The Kier molecular flexibility index (Phi) is 5.93. The first-order valence-electron chi connectivity index (χ1n) is 9.31. The number of phenolic OH excluding ortho intramolecular Hbond substituents is 1. The van der Waals surface area contributed by atoms with Gasteiger partial charge in [0.25, 0.3) is 0 Å². The number of hydrogen-bond acceptors (Lipinski definition) is 6. The van der Waals surface area contributed by atoms with E-state index >= 15 is 0 Å². The Hall–Kier alpha value is -3.09. The Balaban J connectivity index is 1.52. The number of hydrogen-bond donors (Lipinski definition) is 1. The zero-order valence-corrected chi connectivity index (χ0v) is 16.9. The number of ether oxygens (including phenoxy) is 1. The summed E-state index contributed by atoms with van der Waals surface area (Å²) in [5.41, 5.74) is 2.94. The van der Waals surface area contributed by atoms with Crippen LogP contribution >= 0.6 is 11.3 Å². The van der Waals surface area contributed by atoms with Crippen LogP contribution < -0.4 is 4.74 Å². The largest absolute Gasteiger partial charge is 0.508 e. The first-order chi connectivity index (χ1) is 14.2. The highest BCUT2D eigenvalue weighted by Gasteiger charge is 2.14. The van der Waals surface area contributed by atoms with E-state index in [2.05, 4.69) is 10.3 Å². The molecule has 0 amide bonds. The van der Waals surface area contributed by atoms with Crippen LogP contribution in [0.5, 0.6) is 11.5 Å². The minimum atomic E-state index is 0.300. The zero-order chi connectivity index (χ0) is 20.1. The van der Waals surface area contributed by atoms with Gasteiger partial charge in [0.15, 0.2) is 0 Å². The van der Waals surface area contributed by atoms with Gasteiger partial charge in [-0.1, -0.05) is 18.2 Å². The summed E-state index contributed by atoms with van der Waals surface area (Å²) in [5.74, 6) is 2.01. The maximum Gasteiger partial charge on any atom is 0.123 e. The van der Waals surface area contributed by atoms with Crippen LogP contribution in [0.3, 0.4) is 0 Å². The molecule has 2 heterocycles. The molecule has 29 heavy (non-hydrogen) atoms. The molecule has 148 valence electrons. The van der Waals surface area contributed by atoms with Crippen molar-refractivity contribution < 1.29 is 14.3 Å². The molecule has 0 fully saturated rings. The van der Waals surface area contributed by atoms with Gasteiger partial charge in [-0.05, 0) is 42.5 Å². The molecule has 0 aliphatic carbocycles. The maximum absolute atomic E-state index is 10.2. The van der Waals surface area contributed by atoms with Crippen molar-refractivity contribution in [3.8, 4) is 22.1 Å². The summed E-state index contributed by atoms with van der Waals surface area (Å²) in [6.07, 6.45) is 1.68. The lowest BCUT2D eigenvalue weighted by atomic mass is 10.2. The van der Waals surface area contributed by atoms with Crippen LogP contribution in [0.2, 0.25) is 0 Å². The Morgan fingerprint density at radius 3 is 2.55 bits per heavy atom. The zero-order valence-electron chi connectivity index (χ0n) is 16.1. The number of methoxy groups -OCH3 is 1. The van der Waals surface area contributed by atoms with E-state index in [1.54, 1.807) is 30.8 Å². The second-order valence-corrected chi connectivity index (χ2v) is 7.58. The predicted octanol–water partition coefficient (Wildman–Crippen LogP) is 5.32. The average molecular weight is 407 g/mol. The van der Waals surface area contributed by atoms with Crippen LogP contribution in [-0.4, -0.2) is 22.1 Å². The molecule has 2 aromatic heterocycles. The standard InChI is InChI=1S/C23H22N2O3S/c1-27-20-10-8-17(9-11-20)23-24-19(16-29-23)14-25(15-21-6-4-12-28-21)13-18-5-2-3-7-22(18)26/h2-12,16,26H,13-15H2,1H3. The van der Waals surface area contributed by atoms with E-state index in [1.165, 1.54) is 0 Å². The normalized spacial score (nSPS) is 11.1. The molecule has 0 radical (unpaired) electrons. The van der Waals surface area contributed by atoms with Crippen LogP contribution in [0.25, 0.3) is 10.6 Å². The molecule has 0 saturated carbocycles. The van der Waals surface area contributed by atoms with E-state index in [-0.39, 0.29) is 0 Å². The first-order valence-corrected chi connectivity index (χ1v) is 10.2. The van der Waals surface area contributed by atoms with Gasteiger partial charge in [0.1, 0.15) is 22.3 Å². The second kappa shape index (κ2) is 8.94. The van der Waals surface area contributed by atoms with E-state index in [1.807, 2.05) is 54.6 Å². The summed E-state index contributed by atoms with van der Waals surface area (Å²) in [6.45, 7) is 1.89. The number of nitrogens with zero attached hydrogens (tertiary/aromatic N) is 2. The minimum Gasteiger partial charge on any atom is -0.508 e. The fourth-order valence-electron chi connectivity index (χ4n) is 3.15. The van der Waals surface area contributed by atoms with E-state index in [4.69, 9.17) is 14.1 Å². The van der Waals surface area contributed by atoms with Gasteiger partial charge >= 0.3 is 0 Å². The van der Waals surface area contributed by atoms with Crippen molar-refractivity contribution in [1.82, 2.24) is 9.88 Å². The van der Waals surface area contributed by atoms with E-state index in [9.17, 15) is 5.11 Å². The smallest absolute Gasteiger partial charge is 0.123 e. The highest BCUT2D eigenvalue weighted by Crippen LogP contribution is 2.27. The summed E-state index contributed by atoms with van der Waals surface area (Å²) < 4.78 is 10.8. The monoisotopic (exact) mass is 406 g/mol. The highest BCUT2D eigenvalue weighted by molar-refractivity contribution is 7.13. The molecule has 6 heteroatoms. The van der Waals surface area contributed by atoms with Crippen molar-refractivity contribution in [2.75, 3.05) is 7.11 Å². The number of aromatic nitrogens is 1. The van der Waals surface area contributed by atoms with Crippen molar-refractivity contribution in [2.24, 2.45) is 0 Å². The molecule has 4 aromatic rings. The average Bonchev–Trinajstić information content (AvgIpc) is 3.42. The lowest BCUT2D eigenvalue weighted by Gasteiger charge is -2.21. The molecule has 1 N–H and O–H groups in total. The Morgan fingerprint density at radius 2 is 1.83 bits per heavy atom. The molecular formula is C23H22N2O3S. The van der Waals surface area contributed by atoms with Crippen LogP contribution in [0.4, 0.5) is 0 Å². The molecule has 4 rings (SSSR count). The van der Waals surface area contributed by atoms with Crippen molar-refractivity contribution in [3.05, 3.63) is 89.3 Å². The number of para-hydroxylation sites is 1. The summed E-state index contributed by atoms with van der Waals surface area (Å²) in [5, 5.41) is 13.2. The molecule has 0 spiro atoms. The van der Waals surface area contributed by atoms with Crippen LogP contribution in [-0.2, 0) is 19.6 Å². The topological polar surface area (TPSA) is 58.7 Å². The van der Waals surface area contributed by atoms with Gasteiger partial charge in [-0.2, -0.15) is 0 Å². The SMILES string of the molecule is COc1ccc(-c2nc(CN(Cc3ccco3)Cc3ccccc3O)cs2)cc1. The van der Waals surface area contributed by atoms with Gasteiger partial charge in [-0.15, -0.1) is 11.3 Å². The fourth-order valence-corrected chi connectivity index (χ4v) is 3.97. The molecule has 5 nitrogen and oxygen atoms in total. The lowest BCUT2D eigenvalue weighted by Crippen LogP contribution is -2.22. The molecular weight excluding hydrogens is 384 g/mol. The van der Waals surface area contributed by atoms with E-state index in [0.29, 0.717) is 25.4 Å². The Labute approximate surface area is 173 Å². The number of benzene rings is 2. The molecule has 0 aliphatic rings. The number of aromatic hydroxyl groups is 1. The molecule has 2 aromatic carbocycles. The van der Waals surface area contributed by atoms with Crippen molar-refractivity contribution in [1.29, 1.82) is 0 Å². The van der Waals surface area contributed by atoms with E-state index < -0.39 is 0 Å². The molecule has 0 unspecified atom stereocenters. The van der Waals surface area contributed by atoms with Gasteiger partial charge in [0, 0.05) is 29.6 Å². The molecule has 0 bridgehead atoms. The van der Waals surface area contributed by atoms with Crippen molar-refractivity contribution in [3.63, 3.8) is 0 Å². The third kappa shape index (κ3) is 4.85. The maximum atomic E-state index is 10.2. The van der Waals surface area contributed by atoms with Crippen molar-refractivity contribution in [2.45, 2.75) is 19.6 Å². The third-order valence-electron chi connectivity index (χ3n) is 4.62. The van der Waals surface area contributed by atoms with Gasteiger partial charge in [0.05, 0.1) is 25.6 Å². The third-order valence-corrected chi connectivity index (χ3v) is 5.56. The number of thiazole rings is 1. The van der Waals surface area contributed by atoms with Gasteiger partial charge in [-0.3, -0.25) is 4.90 Å². The van der Waals surface area contributed by atoms with Gasteiger partial charge < -0.3 is 14.3 Å². The number of furan rings is 1. The first kappa shape index (κ1) is 19.2. The van der Waals surface area contributed by atoms with Crippen LogP contribution in [0.1, 0.15) is 17.0 Å². The molecule has 0 atom stereocenters. The van der Waals surface area contributed by atoms with E-state index in [0.717, 1.165) is 33.3 Å². The minimum absolute atomic E-state index is 0.300. The summed E-state index contributed by atoms with van der Waals surface area (Å²) >= 11 is 1.62.